The molecule has 2 N–H and O–H groups in total. The molecule has 0 aromatic carbocycles. The lowest BCUT2D eigenvalue weighted by Crippen LogP contribution is -2.40. The minimum Gasteiger partial charge on any atom is -0.391 e. The van der Waals surface area contributed by atoms with Gasteiger partial charge in [0.05, 0.1) is 12.7 Å². The van der Waals surface area contributed by atoms with Crippen LogP contribution in [0.3, 0.4) is 0 Å². The van der Waals surface area contributed by atoms with E-state index in [0.717, 1.165) is 24.8 Å². The number of hydrogen-bond acceptors (Lipinski definition) is 3. The smallest absolute Gasteiger partial charge is 0.0785 e. The molecule has 0 aromatic rings. The third-order valence-corrected chi connectivity index (χ3v) is 3.70. The van der Waals surface area contributed by atoms with Gasteiger partial charge >= 0.3 is 0 Å². The van der Waals surface area contributed by atoms with Crippen molar-refractivity contribution < 1.29 is 9.84 Å². The summed E-state index contributed by atoms with van der Waals surface area (Å²) in [6.07, 6.45) is 4.44. The van der Waals surface area contributed by atoms with Gasteiger partial charge in [0, 0.05) is 13.2 Å². The molecular weight excluding hydrogens is 202 g/mol. The SMILES string of the molecule is COCC(O)CCNC1CC(C)CCC1C. The summed E-state index contributed by atoms with van der Waals surface area (Å²) < 4.78 is 4.91. The number of methoxy groups -OCH3 is 1. The standard InChI is InChI=1S/C13H27NO2/c1-10-4-5-11(2)13(8-10)14-7-6-12(15)9-16-3/h10-15H,4-9H2,1-3H3. The maximum atomic E-state index is 9.53. The lowest BCUT2D eigenvalue weighted by atomic mass is 9.80. The van der Waals surface area contributed by atoms with Gasteiger partial charge in [-0.3, -0.25) is 0 Å². The number of aliphatic hydroxyl groups is 1. The van der Waals surface area contributed by atoms with Gasteiger partial charge in [0.1, 0.15) is 0 Å². The Bertz CT molecular complexity index is 187. The maximum absolute atomic E-state index is 9.53. The highest BCUT2D eigenvalue weighted by Gasteiger charge is 2.24. The maximum Gasteiger partial charge on any atom is 0.0785 e. The number of nitrogens with one attached hydrogen (secondary N) is 1. The second-order valence-corrected chi connectivity index (χ2v) is 5.35. The molecule has 0 radical (unpaired) electrons. The Kier molecular flexibility index (Phi) is 6.32. The highest BCUT2D eigenvalue weighted by molar-refractivity contribution is 4.81. The van der Waals surface area contributed by atoms with Crippen molar-refractivity contribution in [1.82, 2.24) is 5.32 Å². The van der Waals surface area contributed by atoms with Gasteiger partial charge in [-0.05, 0) is 37.6 Å². The van der Waals surface area contributed by atoms with E-state index in [4.69, 9.17) is 4.74 Å². The highest BCUT2D eigenvalue weighted by atomic mass is 16.5. The van der Waals surface area contributed by atoms with Crippen LogP contribution in [0.2, 0.25) is 0 Å². The van der Waals surface area contributed by atoms with Crippen LogP contribution in [-0.2, 0) is 4.74 Å². The van der Waals surface area contributed by atoms with Gasteiger partial charge in [-0.25, -0.2) is 0 Å². The predicted molar refractivity (Wildman–Crippen MR) is 66.5 cm³/mol. The molecule has 3 heteroatoms. The topological polar surface area (TPSA) is 41.5 Å². The summed E-state index contributed by atoms with van der Waals surface area (Å²) in [6, 6.07) is 0.637. The Morgan fingerprint density at radius 3 is 2.81 bits per heavy atom. The first kappa shape index (κ1) is 13.9. The Morgan fingerprint density at radius 1 is 1.38 bits per heavy atom. The molecule has 96 valence electrons. The van der Waals surface area contributed by atoms with Gasteiger partial charge in [-0.1, -0.05) is 20.3 Å². The Balaban J connectivity index is 2.15. The highest BCUT2D eigenvalue weighted by Crippen LogP contribution is 2.28. The molecular formula is C13H27NO2. The molecule has 3 nitrogen and oxygen atoms in total. The van der Waals surface area contributed by atoms with Crippen molar-refractivity contribution in [2.24, 2.45) is 11.8 Å². The minimum absolute atomic E-state index is 0.325. The van der Waals surface area contributed by atoms with Crippen molar-refractivity contribution in [1.29, 1.82) is 0 Å². The molecule has 1 fully saturated rings. The average molecular weight is 229 g/mol. The Labute approximate surface area is 99.6 Å². The summed E-state index contributed by atoms with van der Waals surface area (Å²) in [7, 11) is 1.63. The molecule has 1 aliphatic rings. The molecule has 0 bridgehead atoms. The number of hydrogen-bond donors (Lipinski definition) is 2. The Hall–Kier alpha value is -0.120. The van der Waals surface area contributed by atoms with E-state index < -0.39 is 0 Å². The molecule has 0 spiro atoms. The van der Waals surface area contributed by atoms with E-state index in [-0.39, 0.29) is 6.10 Å². The van der Waals surface area contributed by atoms with Gasteiger partial charge in [-0.15, -0.1) is 0 Å². The van der Waals surface area contributed by atoms with E-state index in [2.05, 4.69) is 19.2 Å². The molecule has 16 heavy (non-hydrogen) atoms. The quantitative estimate of drug-likeness (QED) is 0.730. The molecule has 1 saturated carbocycles. The van der Waals surface area contributed by atoms with Crippen molar-refractivity contribution in [2.75, 3.05) is 20.3 Å². The first-order valence-electron chi connectivity index (χ1n) is 6.53. The fraction of sp³-hybridized carbons (Fsp3) is 1.00. The lowest BCUT2D eigenvalue weighted by molar-refractivity contribution is 0.0579. The second-order valence-electron chi connectivity index (χ2n) is 5.35. The summed E-state index contributed by atoms with van der Waals surface area (Å²) in [5.74, 6) is 1.62. The zero-order valence-corrected chi connectivity index (χ0v) is 10.9. The summed E-state index contributed by atoms with van der Waals surface area (Å²) in [4.78, 5) is 0. The van der Waals surface area contributed by atoms with Crippen molar-refractivity contribution >= 4 is 0 Å². The molecule has 4 atom stereocenters. The zero-order chi connectivity index (χ0) is 12.0. The molecule has 0 heterocycles. The average Bonchev–Trinajstić information content (AvgIpc) is 2.23. The van der Waals surface area contributed by atoms with Crippen molar-refractivity contribution in [2.45, 2.75) is 51.7 Å². The van der Waals surface area contributed by atoms with Gasteiger partial charge in [0.15, 0.2) is 0 Å². The van der Waals surface area contributed by atoms with E-state index in [1.165, 1.54) is 19.3 Å². The summed E-state index contributed by atoms with van der Waals surface area (Å²) in [6.45, 7) is 6.00. The van der Waals surface area contributed by atoms with Crippen LogP contribution in [0.1, 0.15) is 39.5 Å². The monoisotopic (exact) mass is 229 g/mol. The van der Waals surface area contributed by atoms with Crippen LogP contribution in [0.4, 0.5) is 0 Å². The van der Waals surface area contributed by atoms with E-state index in [0.29, 0.717) is 12.6 Å². The molecule has 0 amide bonds. The third-order valence-electron chi connectivity index (χ3n) is 3.70. The number of aliphatic hydroxyl groups excluding tert-OH is 1. The fourth-order valence-corrected chi connectivity index (χ4v) is 2.53. The van der Waals surface area contributed by atoms with Crippen LogP contribution < -0.4 is 5.32 Å². The molecule has 1 aliphatic carbocycles. The lowest BCUT2D eigenvalue weighted by Gasteiger charge is -2.33. The van der Waals surface area contributed by atoms with Crippen LogP contribution in [0.15, 0.2) is 0 Å². The normalized spacial score (nSPS) is 32.6. The molecule has 0 aromatic heterocycles. The second kappa shape index (κ2) is 7.25. The number of ether oxygens (including phenoxy) is 1. The molecule has 0 aliphatic heterocycles. The van der Waals surface area contributed by atoms with Crippen LogP contribution in [0.25, 0.3) is 0 Å². The van der Waals surface area contributed by atoms with Crippen LogP contribution in [0, 0.1) is 11.8 Å². The summed E-state index contributed by atoms with van der Waals surface area (Å²) >= 11 is 0. The van der Waals surface area contributed by atoms with Crippen molar-refractivity contribution in [3.05, 3.63) is 0 Å². The van der Waals surface area contributed by atoms with Gasteiger partial charge in [-0.2, -0.15) is 0 Å². The van der Waals surface area contributed by atoms with Gasteiger partial charge in [0.25, 0.3) is 0 Å². The first-order valence-corrected chi connectivity index (χ1v) is 6.53. The Morgan fingerprint density at radius 2 is 2.12 bits per heavy atom. The predicted octanol–water partition coefficient (Wildman–Crippen LogP) is 1.80. The van der Waals surface area contributed by atoms with Crippen LogP contribution in [-0.4, -0.2) is 37.5 Å². The molecule has 1 rings (SSSR count). The summed E-state index contributed by atoms with van der Waals surface area (Å²) in [5, 5.41) is 13.1. The van der Waals surface area contributed by atoms with E-state index in [1.54, 1.807) is 7.11 Å². The molecule has 0 saturated heterocycles. The molecule has 4 unspecified atom stereocenters. The first-order chi connectivity index (χ1) is 7.63. The van der Waals surface area contributed by atoms with E-state index in [1.807, 2.05) is 0 Å². The van der Waals surface area contributed by atoms with Crippen molar-refractivity contribution in [3.8, 4) is 0 Å². The minimum atomic E-state index is -0.325. The van der Waals surface area contributed by atoms with Crippen LogP contribution in [0.5, 0.6) is 0 Å². The number of rotatable bonds is 6. The van der Waals surface area contributed by atoms with Gasteiger partial charge in [0.2, 0.25) is 0 Å². The van der Waals surface area contributed by atoms with E-state index in [9.17, 15) is 5.11 Å². The summed E-state index contributed by atoms with van der Waals surface area (Å²) in [5.41, 5.74) is 0. The van der Waals surface area contributed by atoms with Crippen LogP contribution >= 0.6 is 0 Å². The fourth-order valence-electron chi connectivity index (χ4n) is 2.53. The van der Waals surface area contributed by atoms with Gasteiger partial charge < -0.3 is 15.2 Å². The zero-order valence-electron chi connectivity index (χ0n) is 10.9. The van der Waals surface area contributed by atoms with E-state index >= 15 is 0 Å². The van der Waals surface area contributed by atoms with Crippen molar-refractivity contribution in [3.63, 3.8) is 0 Å². The largest absolute Gasteiger partial charge is 0.391 e. The third kappa shape index (κ3) is 4.81.